The van der Waals surface area contributed by atoms with Crippen LogP contribution in [-0.4, -0.2) is 11.5 Å². The van der Waals surface area contributed by atoms with E-state index >= 15 is 0 Å². The minimum Gasteiger partial charge on any atom is -0.306 e. The van der Waals surface area contributed by atoms with E-state index in [2.05, 4.69) is 47.7 Å². The van der Waals surface area contributed by atoms with Crippen molar-refractivity contribution < 1.29 is 0 Å². The molecule has 90 valence electrons. The Morgan fingerprint density at radius 2 is 2.18 bits per heavy atom. The minimum absolute atomic E-state index is 0.285. The Kier molecular flexibility index (Phi) is 3.92. The number of rotatable bonds is 4. The van der Waals surface area contributed by atoms with E-state index in [1.54, 1.807) is 11.3 Å². The average Bonchev–Trinajstić information content (AvgIpc) is 2.72. The van der Waals surface area contributed by atoms with Crippen molar-refractivity contribution in [2.24, 2.45) is 0 Å². The standard InChI is InChI=1S/C14H18N2S/c1-4-15-14(13-6-8-17-11(13)3)12-5-7-16-10(2)9-12/h5-9,14-15H,4H2,1-3H3. The molecule has 0 aliphatic heterocycles. The molecule has 0 aromatic carbocycles. The monoisotopic (exact) mass is 246 g/mol. The molecule has 2 heterocycles. The quantitative estimate of drug-likeness (QED) is 0.893. The molecule has 0 saturated heterocycles. The van der Waals surface area contributed by atoms with Crippen LogP contribution >= 0.6 is 11.3 Å². The Labute approximate surface area is 107 Å². The smallest absolute Gasteiger partial charge is 0.0588 e. The number of pyridine rings is 1. The van der Waals surface area contributed by atoms with E-state index in [9.17, 15) is 0 Å². The van der Waals surface area contributed by atoms with Gasteiger partial charge in [0.25, 0.3) is 0 Å². The zero-order valence-electron chi connectivity index (χ0n) is 10.5. The molecule has 2 nitrogen and oxygen atoms in total. The summed E-state index contributed by atoms with van der Waals surface area (Å²) >= 11 is 1.80. The molecule has 2 aromatic heterocycles. The third-order valence-corrected chi connectivity index (χ3v) is 3.73. The maximum absolute atomic E-state index is 4.26. The van der Waals surface area contributed by atoms with Gasteiger partial charge < -0.3 is 5.32 Å². The lowest BCUT2D eigenvalue weighted by molar-refractivity contribution is 0.629. The number of aromatic nitrogens is 1. The van der Waals surface area contributed by atoms with Gasteiger partial charge in [0.05, 0.1) is 6.04 Å². The van der Waals surface area contributed by atoms with Crippen LogP contribution in [0.2, 0.25) is 0 Å². The van der Waals surface area contributed by atoms with Crippen LogP contribution in [0.5, 0.6) is 0 Å². The molecule has 0 aliphatic rings. The predicted molar refractivity (Wildman–Crippen MR) is 73.5 cm³/mol. The molecule has 1 unspecified atom stereocenters. The molecule has 0 bridgehead atoms. The summed E-state index contributed by atoms with van der Waals surface area (Å²) in [6.07, 6.45) is 1.89. The molecule has 0 radical (unpaired) electrons. The molecule has 0 fully saturated rings. The first kappa shape index (κ1) is 12.3. The lowest BCUT2D eigenvalue weighted by Gasteiger charge is -2.18. The van der Waals surface area contributed by atoms with Crippen LogP contribution in [-0.2, 0) is 0 Å². The predicted octanol–water partition coefficient (Wildman–Crippen LogP) is 3.46. The van der Waals surface area contributed by atoms with Gasteiger partial charge in [-0.2, -0.15) is 0 Å². The summed E-state index contributed by atoms with van der Waals surface area (Å²) in [6.45, 7) is 7.31. The fourth-order valence-corrected chi connectivity index (χ4v) is 2.79. The Bertz CT molecular complexity index is 490. The van der Waals surface area contributed by atoms with Crippen molar-refractivity contribution in [1.82, 2.24) is 10.3 Å². The number of hydrogen-bond acceptors (Lipinski definition) is 3. The van der Waals surface area contributed by atoms with Gasteiger partial charge in [0.15, 0.2) is 0 Å². The molecular weight excluding hydrogens is 228 g/mol. The van der Waals surface area contributed by atoms with Crippen LogP contribution in [0.4, 0.5) is 0 Å². The summed E-state index contributed by atoms with van der Waals surface area (Å²) in [5.74, 6) is 0. The van der Waals surface area contributed by atoms with Gasteiger partial charge in [-0.3, -0.25) is 4.98 Å². The zero-order chi connectivity index (χ0) is 12.3. The number of nitrogens with zero attached hydrogens (tertiary/aromatic N) is 1. The molecule has 1 N–H and O–H groups in total. The van der Waals surface area contributed by atoms with Crippen LogP contribution in [0, 0.1) is 13.8 Å². The second-order valence-corrected chi connectivity index (χ2v) is 5.27. The molecule has 0 aliphatic carbocycles. The summed E-state index contributed by atoms with van der Waals surface area (Å²) in [5, 5.41) is 5.70. The Hall–Kier alpha value is -1.19. The highest BCUT2D eigenvalue weighted by Crippen LogP contribution is 2.28. The summed E-state index contributed by atoms with van der Waals surface area (Å²) < 4.78 is 0. The fourth-order valence-electron chi connectivity index (χ4n) is 2.05. The maximum atomic E-state index is 4.26. The van der Waals surface area contributed by atoms with Crippen LogP contribution in [0.25, 0.3) is 0 Å². The van der Waals surface area contributed by atoms with Crippen molar-refractivity contribution in [1.29, 1.82) is 0 Å². The maximum Gasteiger partial charge on any atom is 0.0588 e. The van der Waals surface area contributed by atoms with Gasteiger partial charge in [0.1, 0.15) is 0 Å². The topological polar surface area (TPSA) is 24.9 Å². The van der Waals surface area contributed by atoms with Gasteiger partial charge >= 0.3 is 0 Å². The second-order valence-electron chi connectivity index (χ2n) is 4.15. The van der Waals surface area contributed by atoms with Crippen LogP contribution in [0.1, 0.15) is 34.7 Å². The third kappa shape index (κ3) is 2.73. The van der Waals surface area contributed by atoms with E-state index in [0.29, 0.717) is 0 Å². The van der Waals surface area contributed by atoms with E-state index in [-0.39, 0.29) is 6.04 Å². The first-order valence-corrected chi connectivity index (χ1v) is 6.80. The van der Waals surface area contributed by atoms with E-state index in [4.69, 9.17) is 0 Å². The van der Waals surface area contributed by atoms with Gasteiger partial charge in [-0.1, -0.05) is 6.92 Å². The summed E-state index contributed by atoms with van der Waals surface area (Å²) in [5.41, 5.74) is 3.74. The molecule has 0 spiro atoms. The highest BCUT2D eigenvalue weighted by molar-refractivity contribution is 7.10. The molecule has 2 rings (SSSR count). The zero-order valence-corrected chi connectivity index (χ0v) is 11.3. The summed E-state index contributed by atoms with van der Waals surface area (Å²) in [4.78, 5) is 5.64. The lowest BCUT2D eigenvalue weighted by atomic mass is 10.00. The average molecular weight is 246 g/mol. The van der Waals surface area contributed by atoms with Crippen molar-refractivity contribution >= 4 is 11.3 Å². The highest BCUT2D eigenvalue weighted by atomic mass is 32.1. The molecule has 3 heteroatoms. The molecule has 2 aromatic rings. The van der Waals surface area contributed by atoms with E-state index < -0.39 is 0 Å². The Morgan fingerprint density at radius 1 is 1.35 bits per heavy atom. The summed E-state index contributed by atoms with van der Waals surface area (Å²) in [6, 6.07) is 6.75. The number of aryl methyl sites for hydroxylation is 2. The van der Waals surface area contributed by atoms with Crippen LogP contribution < -0.4 is 5.32 Å². The number of nitrogens with one attached hydrogen (secondary N) is 1. The second kappa shape index (κ2) is 5.43. The van der Waals surface area contributed by atoms with Crippen molar-refractivity contribution in [3.63, 3.8) is 0 Å². The highest BCUT2D eigenvalue weighted by Gasteiger charge is 2.15. The Balaban J connectivity index is 2.39. The van der Waals surface area contributed by atoms with E-state index in [1.165, 1.54) is 16.0 Å². The fraction of sp³-hybridized carbons (Fsp3) is 0.357. The summed E-state index contributed by atoms with van der Waals surface area (Å²) in [7, 11) is 0. The largest absolute Gasteiger partial charge is 0.306 e. The number of hydrogen-bond donors (Lipinski definition) is 1. The minimum atomic E-state index is 0.285. The van der Waals surface area contributed by atoms with Gasteiger partial charge in [-0.15, -0.1) is 11.3 Å². The van der Waals surface area contributed by atoms with Crippen molar-refractivity contribution in [2.75, 3.05) is 6.54 Å². The normalized spacial score (nSPS) is 12.6. The van der Waals surface area contributed by atoms with Crippen molar-refractivity contribution in [2.45, 2.75) is 26.8 Å². The van der Waals surface area contributed by atoms with Crippen molar-refractivity contribution in [3.8, 4) is 0 Å². The lowest BCUT2D eigenvalue weighted by Crippen LogP contribution is -2.22. The van der Waals surface area contributed by atoms with Crippen LogP contribution in [0.3, 0.4) is 0 Å². The van der Waals surface area contributed by atoms with Gasteiger partial charge in [-0.25, -0.2) is 0 Å². The van der Waals surface area contributed by atoms with Crippen molar-refractivity contribution in [3.05, 3.63) is 51.5 Å². The molecule has 0 saturated carbocycles. The molecule has 1 atom stereocenters. The van der Waals surface area contributed by atoms with Gasteiger partial charge in [0.2, 0.25) is 0 Å². The Morgan fingerprint density at radius 3 is 2.76 bits per heavy atom. The van der Waals surface area contributed by atoms with E-state index in [0.717, 1.165) is 12.2 Å². The first-order chi connectivity index (χ1) is 8.22. The van der Waals surface area contributed by atoms with Gasteiger partial charge in [-0.05, 0) is 55.1 Å². The molecule has 17 heavy (non-hydrogen) atoms. The molecular formula is C14H18N2S. The first-order valence-electron chi connectivity index (χ1n) is 5.92. The van der Waals surface area contributed by atoms with E-state index in [1.807, 2.05) is 13.1 Å². The number of thiophene rings is 1. The SMILES string of the molecule is CCNC(c1ccnc(C)c1)c1ccsc1C. The van der Waals surface area contributed by atoms with Gasteiger partial charge in [0, 0.05) is 16.8 Å². The van der Waals surface area contributed by atoms with Crippen LogP contribution in [0.15, 0.2) is 29.8 Å². The molecule has 0 amide bonds. The third-order valence-electron chi connectivity index (χ3n) is 2.87.